The molecule has 4 aliphatic carbocycles. The quantitative estimate of drug-likeness (QED) is 0.454. The Morgan fingerprint density at radius 3 is 1.41 bits per heavy atom. The topological polar surface area (TPSA) is 0 Å². The Balaban J connectivity index is 1.90. The van der Waals surface area contributed by atoms with E-state index < -0.39 is 0 Å². The maximum atomic E-state index is 2.69. The van der Waals surface area contributed by atoms with Crippen LogP contribution in [-0.2, 0) is 0 Å². The molecule has 0 radical (unpaired) electrons. The average molecular weight is 303 g/mol. The van der Waals surface area contributed by atoms with E-state index in [0.717, 1.165) is 35.5 Å². The molecular formula is C22H38. The van der Waals surface area contributed by atoms with Crippen LogP contribution in [0.1, 0.15) is 81.1 Å². The van der Waals surface area contributed by atoms with Crippen molar-refractivity contribution in [3.63, 3.8) is 0 Å². The molecule has 0 aromatic carbocycles. The minimum Gasteiger partial charge on any atom is -0.0620 e. The van der Waals surface area contributed by atoms with Crippen molar-refractivity contribution in [3.05, 3.63) is 0 Å². The van der Waals surface area contributed by atoms with Crippen molar-refractivity contribution >= 4 is 0 Å². The van der Waals surface area contributed by atoms with E-state index in [0.29, 0.717) is 21.7 Å². The summed E-state index contributed by atoms with van der Waals surface area (Å²) >= 11 is 0. The van der Waals surface area contributed by atoms with Crippen LogP contribution in [0.4, 0.5) is 0 Å². The third kappa shape index (κ3) is 1.56. The van der Waals surface area contributed by atoms with Crippen molar-refractivity contribution in [2.45, 2.75) is 81.1 Å². The second-order valence-electron chi connectivity index (χ2n) is 11.9. The lowest BCUT2D eigenvalue weighted by Gasteiger charge is -2.54. The van der Waals surface area contributed by atoms with E-state index >= 15 is 0 Å². The Labute approximate surface area is 138 Å². The lowest BCUT2D eigenvalue weighted by atomic mass is 9.51. The molecule has 4 fully saturated rings. The van der Waals surface area contributed by atoms with Gasteiger partial charge in [-0.05, 0) is 82.9 Å². The Morgan fingerprint density at radius 1 is 0.591 bits per heavy atom. The van der Waals surface area contributed by atoms with Gasteiger partial charge in [0.05, 0.1) is 0 Å². The summed E-state index contributed by atoms with van der Waals surface area (Å²) in [5, 5.41) is 0. The summed E-state index contributed by atoms with van der Waals surface area (Å²) in [5.74, 6) is 5.80. The highest BCUT2D eigenvalue weighted by atomic mass is 14.8. The molecule has 8 unspecified atom stereocenters. The minimum atomic E-state index is 0.541. The summed E-state index contributed by atoms with van der Waals surface area (Å²) in [4.78, 5) is 0. The highest BCUT2D eigenvalue weighted by Gasteiger charge is 2.73. The Bertz CT molecular complexity index is 458. The fourth-order valence-corrected chi connectivity index (χ4v) is 8.98. The first-order chi connectivity index (χ1) is 9.93. The summed E-state index contributed by atoms with van der Waals surface area (Å²) in [6.45, 7) is 20.9. The first-order valence-electron chi connectivity index (χ1n) is 9.93. The van der Waals surface area contributed by atoms with Crippen LogP contribution in [0.2, 0.25) is 0 Å². The molecule has 0 spiro atoms. The van der Waals surface area contributed by atoms with Gasteiger partial charge in [-0.15, -0.1) is 0 Å². The predicted octanol–water partition coefficient (Wildman–Crippen LogP) is 6.40. The normalized spacial score (nSPS) is 61.1. The number of rotatable bonds is 0. The van der Waals surface area contributed by atoms with E-state index in [1.54, 1.807) is 0 Å². The molecule has 0 heteroatoms. The standard InChI is InChI=1S/C22H38/c1-13-9-14(2)22(8)12-21(13,7)17-15-10-16(18(17)22)20(5,6)11-19(15,3)4/h13-18H,9-12H2,1-8H3. The van der Waals surface area contributed by atoms with Gasteiger partial charge in [0.1, 0.15) is 0 Å². The van der Waals surface area contributed by atoms with Gasteiger partial charge in [0.2, 0.25) is 0 Å². The highest BCUT2D eigenvalue weighted by molar-refractivity contribution is 5.21. The Hall–Kier alpha value is 0. The third-order valence-electron chi connectivity index (χ3n) is 9.92. The van der Waals surface area contributed by atoms with E-state index in [-0.39, 0.29) is 0 Å². The maximum Gasteiger partial charge on any atom is -0.0261 e. The number of hydrogen-bond acceptors (Lipinski definition) is 0. The zero-order valence-corrected chi connectivity index (χ0v) is 16.3. The first kappa shape index (κ1) is 15.5. The molecule has 0 aromatic rings. The van der Waals surface area contributed by atoms with Gasteiger partial charge in [-0.3, -0.25) is 0 Å². The second-order valence-corrected chi connectivity index (χ2v) is 11.9. The lowest BCUT2D eigenvalue weighted by Crippen LogP contribution is -2.46. The molecule has 0 heterocycles. The maximum absolute atomic E-state index is 2.69. The summed E-state index contributed by atoms with van der Waals surface area (Å²) in [6.07, 6.45) is 5.95. The monoisotopic (exact) mass is 302 g/mol. The second kappa shape index (κ2) is 3.97. The molecule has 126 valence electrons. The van der Waals surface area contributed by atoms with E-state index in [2.05, 4.69) is 55.4 Å². The van der Waals surface area contributed by atoms with Crippen molar-refractivity contribution < 1.29 is 0 Å². The summed E-state index contributed by atoms with van der Waals surface area (Å²) in [7, 11) is 0. The van der Waals surface area contributed by atoms with E-state index in [1.165, 1.54) is 25.7 Å². The van der Waals surface area contributed by atoms with Crippen LogP contribution in [0.3, 0.4) is 0 Å². The van der Waals surface area contributed by atoms with E-state index in [1.807, 2.05) is 0 Å². The van der Waals surface area contributed by atoms with Crippen molar-refractivity contribution in [1.82, 2.24) is 0 Å². The van der Waals surface area contributed by atoms with Crippen molar-refractivity contribution in [1.29, 1.82) is 0 Å². The van der Waals surface area contributed by atoms with Gasteiger partial charge in [0.25, 0.3) is 0 Å². The largest absolute Gasteiger partial charge is 0.0620 e. The van der Waals surface area contributed by atoms with Crippen LogP contribution in [0.15, 0.2) is 0 Å². The third-order valence-corrected chi connectivity index (χ3v) is 9.92. The molecule has 0 aromatic heterocycles. The van der Waals surface area contributed by atoms with Crippen molar-refractivity contribution in [3.8, 4) is 0 Å². The van der Waals surface area contributed by atoms with Gasteiger partial charge in [0, 0.05) is 0 Å². The predicted molar refractivity (Wildman–Crippen MR) is 94.5 cm³/mol. The summed E-state index contributed by atoms with van der Waals surface area (Å²) in [6, 6.07) is 0. The fraction of sp³-hybridized carbons (Fsp3) is 1.00. The van der Waals surface area contributed by atoms with Gasteiger partial charge < -0.3 is 0 Å². The Kier molecular flexibility index (Phi) is 2.80. The molecule has 0 aliphatic heterocycles. The van der Waals surface area contributed by atoms with Crippen LogP contribution >= 0.6 is 0 Å². The zero-order chi connectivity index (χ0) is 16.3. The molecule has 0 N–H and O–H groups in total. The SMILES string of the molecule is CC1CC(C)C2(C)CC1(C)C1C3CC(C12)C(C)(C)CC3(C)C. The van der Waals surface area contributed by atoms with Gasteiger partial charge in [-0.2, -0.15) is 0 Å². The minimum absolute atomic E-state index is 0.541. The molecular weight excluding hydrogens is 264 g/mol. The van der Waals surface area contributed by atoms with Gasteiger partial charge >= 0.3 is 0 Å². The van der Waals surface area contributed by atoms with Crippen LogP contribution < -0.4 is 0 Å². The molecule has 4 rings (SSSR count). The Morgan fingerprint density at radius 2 is 1.00 bits per heavy atom. The first-order valence-corrected chi connectivity index (χ1v) is 9.93. The molecule has 4 bridgehead atoms. The van der Waals surface area contributed by atoms with Crippen LogP contribution in [0, 0.1) is 57.2 Å². The van der Waals surface area contributed by atoms with Crippen LogP contribution in [0.25, 0.3) is 0 Å². The molecule has 8 atom stereocenters. The number of fused-ring (bicyclic) bond motifs is 9. The fourth-order valence-electron chi connectivity index (χ4n) is 8.98. The van der Waals surface area contributed by atoms with Crippen LogP contribution in [-0.4, -0.2) is 0 Å². The van der Waals surface area contributed by atoms with E-state index in [9.17, 15) is 0 Å². The smallest absolute Gasteiger partial charge is 0.0261 e. The highest BCUT2D eigenvalue weighted by Crippen LogP contribution is 2.79. The van der Waals surface area contributed by atoms with Crippen LogP contribution in [0.5, 0.6) is 0 Å². The summed E-state index contributed by atoms with van der Waals surface area (Å²) in [5.41, 5.74) is 2.31. The van der Waals surface area contributed by atoms with E-state index in [4.69, 9.17) is 0 Å². The summed E-state index contributed by atoms with van der Waals surface area (Å²) < 4.78 is 0. The van der Waals surface area contributed by atoms with Gasteiger partial charge in [0.15, 0.2) is 0 Å². The molecule has 4 saturated carbocycles. The zero-order valence-electron chi connectivity index (χ0n) is 16.3. The van der Waals surface area contributed by atoms with Crippen molar-refractivity contribution in [2.75, 3.05) is 0 Å². The van der Waals surface area contributed by atoms with Gasteiger partial charge in [-0.1, -0.05) is 55.4 Å². The van der Waals surface area contributed by atoms with Gasteiger partial charge in [-0.25, -0.2) is 0 Å². The van der Waals surface area contributed by atoms with Crippen molar-refractivity contribution in [2.24, 2.45) is 57.2 Å². The number of hydrogen-bond donors (Lipinski definition) is 0. The molecule has 0 amide bonds. The molecule has 22 heavy (non-hydrogen) atoms. The average Bonchev–Trinajstić information content (AvgIpc) is 2.82. The molecule has 4 aliphatic rings. The molecule has 0 nitrogen and oxygen atoms in total. The molecule has 0 saturated heterocycles. The lowest BCUT2D eigenvalue weighted by molar-refractivity contribution is -0.0486.